The van der Waals surface area contributed by atoms with Crippen molar-refractivity contribution < 1.29 is 13.2 Å². The largest absolute Gasteiger partial charge is 0.348 e. The molecule has 134 valence electrons. The van der Waals surface area contributed by atoms with E-state index in [-0.39, 0.29) is 23.5 Å². The van der Waals surface area contributed by atoms with E-state index in [1.807, 2.05) is 18.5 Å². The van der Waals surface area contributed by atoms with E-state index in [0.29, 0.717) is 24.2 Å². The van der Waals surface area contributed by atoms with Crippen molar-refractivity contribution in [3.05, 3.63) is 52.3 Å². The number of hydrogen-bond acceptors (Lipinski definition) is 4. The monoisotopic (exact) mass is 361 g/mol. The van der Waals surface area contributed by atoms with E-state index in [4.69, 9.17) is 0 Å². The molecular formula is C18H23N3O3S. The third-order valence-corrected chi connectivity index (χ3v) is 6.40. The van der Waals surface area contributed by atoms with Crippen LogP contribution in [0.5, 0.6) is 0 Å². The minimum absolute atomic E-state index is 0.0222. The summed E-state index contributed by atoms with van der Waals surface area (Å²) < 4.78 is 24.9. The Morgan fingerprint density at radius 3 is 2.52 bits per heavy atom. The fourth-order valence-corrected chi connectivity index (χ4v) is 4.89. The van der Waals surface area contributed by atoms with Gasteiger partial charge >= 0.3 is 0 Å². The first-order valence-electron chi connectivity index (χ1n) is 8.36. The zero-order chi connectivity index (χ0) is 18.2. The van der Waals surface area contributed by atoms with Crippen molar-refractivity contribution in [2.75, 3.05) is 11.5 Å². The van der Waals surface area contributed by atoms with Crippen LogP contribution in [0.2, 0.25) is 0 Å². The van der Waals surface area contributed by atoms with Crippen molar-refractivity contribution in [3.63, 3.8) is 0 Å². The van der Waals surface area contributed by atoms with Gasteiger partial charge in [-0.3, -0.25) is 9.48 Å². The lowest BCUT2D eigenvalue weighted by atomic mass is 10.1. The van der Waals surface area contributed by atoms with Gasteiger partial charge in [0, 0.05) is 11.7 Å². The normalized spacial score (nSPS) is 19.1. The van der Waals surface area contributed by atoms with Crippen LogP contribution in [-0.2, 0) is 16.4 Å². The molecule has 0 spiro atoms. The van der Waals surface area contributed by atoms with E-state index >= 15 is 0 Å². The molecule has 1 aromatic carbocycles. The van der Waals surface area contributed by atoms with Gasteiger partial charge in [-0.2, -0.15) is 5.10 Å². The first-order chi connectivity index (χ1) is 11.7. The van der Waals surface area contributed by atoms with Crippen LogP contribution >= 0.6 is 0 Å². The molecule has 25 heavy (non-hydrogen) atoms. The number of benzene rings is 1. The second-order valence-corrected chi connectivity index (χ2v) is 8.99. The van der Waals surface area contributed by atoms with Crippen molar-refractivity contribution in [3.8, 4) is 0 Å². The molecule has 1 saturated heterocycles. The second-order valence-electron chi connectivity index (χ2n) is 6.76. The maximum Gasteiger partial charge on any atom is 0.255 e. The minimum atomic E-state index is -3.02. The molecule has 1 aliphatic heterocycles. The molecule has 1 amide bonds. The summed E-state index contributed by atoms with van der Waals surface area (Å²) in [4.78, 5) is 12.6. The van der Waals surface area contributed by atoms with Gasteiger partial charge in [0.1, 0.15) is 0 Å². The highest BCUT2D eigenvalue weighted by Gasteiger charge is 2.30. The Morgan fingerprint density at radius 2 is 1.92 bits per heavy atom. The Kier molecular flexibility index (Phi) is 4.69. The fourth-order valence-electron chi connectivity index (χ4n) is 3.21. The smallest absolute Gasteiger partial charge is 0.255 e. The van der Waals surface area contributed by atoms with Gasteiger partial charge in [0.05, 0.1) is 29.3 Å². The Morgan fingerprint density at radius 1 is 1.24 bits per heavy atom. The summed E-state index contributed by atoms with van der Waals surface area (Å²) in [7, 11) is -3.02. The number of nitrogens with zero attached hydrogens (tertiary/aromatic N) is 2. The zero-order valence-electron chi connectivity index (χ0n) is 14.7. The highest BCUT2D eigenvalue weighted by atomic mass is 32.2. The van der Waals surface area contributed by atoms with Gasteiger partial charge in [0.15, 0.2) is 9.84 Å². The lowest BCUT2D eigenvalue weighted by Crippen LogP contribution is -2.36. The van der Waals surface area contributed by atoms with Crippen LogP contribution in [-0.4, -0.2) is 41.7 Å². The topological polar surface area (TPSA) is 81.1 Å². The van der Waals surface area contributed by atoms with Gasteiger partial charge in [0.2, 0.25) is 0 Å². The lowest BCUT2D eigenvalue weighted by Gasteiger charge is -2.11. The Hall–Kier alpha value is -2.15. The van der Waals surface area contributed by atoms with Gasteiger partial charge in [-0.25, -0.2) is 8.42 Å². The van der Waals surface area contributed by atoms with E-state index in [0.717, 1.165) is 11.3 Å². The Bertz CT molecular complexity index is 898. The third-order valence-electron chi connectivity index (χ3n) is 4.63. The predicted octanol–water partition coefficient (Wildman–Crippen LogP) is 1.77. The molecule has 0 saturated carbocycles. The molecule has 0 bridgehead atoms. The number of amides is 1. The van der Waals surface area contributed by atoms with Crippen LogP contribution < -0.4 is 5.32 Å². The Balaban J connectivity index is 1.77. The van der Waals surface area contributed by atoms with Crippen LogP contribution in [0, 0.1) is 20.8 Å². The first kappa shape index (κ1) is 17.7. The van der Waals surface area contributed by atoms with Crippen molar-refractivity contribution in [1.29, 1.82) is 0 Å². The maximum atomic E-state index is 12.6. The van der Waals surface area contributed by atoms with Crippen LogP contribution in [0.4, 0.5) is 0 Å². The zero-order valence-corrected chi connectivity index (χ0v) is 15.6. The number of carbonyl (C=O) groups excluding carboxylic acids is 1. The van der Waals surface area contributed by atoms with Crippen LogP contribution in [0.15, 0.2) is 24.3 Å². The average Bonchev–Trinajstić information content (AvgIpc) is 3.00. The number of nitrogens with one attached hydrogen (secondary N) is 1. The number of aryl methyl sites for hydroxylation is 2. The highest BCUT2D eigenvalue weighted by Crippen LogP contribution is 2.17. The van der Waals surface area contributed by atoms with E-state index < -0.39 is 9.84 Å². The summed E-state index contributed by atoms with van der Waals surface area (Å²) in [6.45, 7) is 6.31. The molecule has 0 aliphatic carbocycles. The third kappa shape index (κ3) is 3.92. The van der Waals surface area contributed by atoms with E-state index in [2.05, 4.69) is 34.7 Å². The molecule has 3 rings (SSSR count). The first-order valence-corrected chi connectivity index (χ1v) is 10.2. The maximum absolute atomic E-state index is 12.6. The quantitative estimate of drug-likeness (QED) is 0.900. The molecule has 2 heterocycles. The SMILES string of the molecule is Cc1ccc(Cn2nc(C)c(C(=O)N[C@@H]3CCS(=O)(=O)C3)c2C)cc1. The summed E-state index contributed by atoms with van der Waals surface area (Å²) in [6, 6.07) is 7.89. The van der Waals surface area contributed by atoms with Crippen LogP contribution in [0.25, 0.3) is 0 Å². The molecule has 2 aromatic rings. The van der Waals surface area contributed by atoms with E-state index in [1.54, 1.807) is 6.92 Å². The van der Waals surface area contributed by atoms with Crippen molar-refractivity contribution in [1.82, 2.24) is 15.1 Å². The Labute approximate surface area is 148 Å². The summed E-state index contributed by atoms with van der Waals surface area (Å²) in [5, 5.41) is 7.34. The highest BCUT2D eigenvalue weighted by molar-refractivity contribution is 7.91. The van der Waals surface area contributed by atoms with Crippen LogP contribution in [0.3, 0.4) is 0 Å². The van der Waals surface area contributed by atoms with E-state index in [1.165, 1.54) is 5.56 Å². The van der Waals surface area contributed by atoms with Gasteiger partial charge in [-0.1, -0.05) is 29.8 Å². The predicted molar refractivity (Wildman–Crippen MR) is 96.5 cm³/mol. The van der Waals surface area contributed by atoms with Gasteiger partial charge < -0.3 is 5.32 Å². The summed E-state index contributed by atoms with van der Waals surface area (Å²) in [5.41, 5.74) is 4.30. The molecule has 7 heteroatoms. The molecule has 1 aliphatic rings. The second kappa shape index (κ2) is 6.63. The van der Waals surface area contributed by atoms with E-state index in [9.17, 15) is 13.2 Å². The molecule has 1 fully saturated rings. The van der Waals surface area contributed by atoms with Crippen molar-refractivity contribution in [2.45, 2.75) is 39.8 Å². The molecule has 0 unspecified atom stereocenters. The van der Waals surface area contributed by atoms with Gasteiger partial charge in [0.25, 0.3) is 5.91 Å². The molecule has 1 atom stereocenters. The number of sulfone groups is 1. The molecule has 0 radical (unpaired) electrons. The summed E-state index contributed by atoms with van der Waals surface area (Å²) in [6.07, 6.45) is 0.476. The summed E-state index contributed by atoms with van der Waals surface area (Å²) in [5.74, 6) is -0.0797. The standard InChI is InChI=1S/C18H23N3O3S/c1-12-4-6-15(7-5-12)10-21-14(3)17(13(2)20-21)18(22)19-16-8-9-25(23,24)11-16/h4-7,16H,8-11H2,1-3H3,(H,19,22)/t16-/m1/s1. The van der Waals surface area contributed by atoms with Crippen LogP contribution in [0.1, 0.15) is 39.3 Å². The van der Waals surface area contributed by atoms with Crippen molar-refractivity contribution >= 4 is 15.7 Å². The average molecular weight is 361 g/mol. The van der Waals surface area contributed by atoms with Crippen molar-refractivity contribution in [2.24, 2.45) is 0 Å². The lowest BCUT2D eigenvalue weighted by molar-refractivity contribution is 0.0940. The molecular weight excluding hydrogens is 338 g/mol. The van der Waals surface area contributed by atoms with Gasteiger partial charge in [-0.15, -0.1) is 0 Å². The molecule has 1 N–H and O–H groups in total. The number of hydrogen-bond donors (Lipinski definition) is 1. The summed E-state index contributed by atoms with van der Waals surface area (Å²) >= 11 is 0. The number of rotatable bonds is 4. The minimum Gasteiger partial charge on any atom is -0.348 e. The fraction of sp³-hybridized carbons (Fsp3) is 0.444. The number of carbonyl (C=O) groups is 1. The van der Waals surface area contributed by atoms with Gasteiger partial charge in [-0.05, 0) is 32.8 Å². The molecule has 6 nitrogen and oxygen atoms in total. The number of aromatic nitrogens is 2. The molecule has 1 aromatic heterocycles.